The fourth-order valence-electron chi connectivity index (χ4n) is 1.90. The number of methoxy groups -OCH3 is 1. The van der Waals surface area contributed by atoms with E-state index >= 15 is 0 Å². The van der Waals surface area contributed by atoms with Crippen molar-refractivity contribution in [1.29, 1.82) is 0 Å². The Labute approximate surface area is 141 Å². The van der Waals surface area contributed by atoms with Crippen LogP contribution in [-0.4, -0.2) is 24.9 Å². The lowest BCUT2D eigenvalue weighted by Gasteiger charge is -2.05. The highest BCUT2D eigenvalue weighted by Crippen LogP contribution is 2.21. The molecule has 0 atom stereocenters. The zero-order valence-electron chi connectivity index (χ0n) is 13.4. The summed E-state index contributed by atoms with van der Waals surface area (Å²) in [6.07, 6.45) is -0.0400. The lowest BCUT2D eigenvalue weighted by atomic mass is 10.2. The second-order valence-electron chi connectivity index (χ2n) is 4.92. The maximum atomic E-state index is 11.5. The van der Waals surface area contributed by atoms with Crippen molar-refractivity contribution < 1.29 is 19.4 Å². The number of hydrogen-bond donors (Lipinski definition) is 2. The maximum absolute atomic E-state index is 11.5. The fraction of sp³-hybridized carbons (Fsp3) is 0.211. The number of aromatic hydroxyl groups is 1. The molecule has 0 radical (unpaired) electrons. The van der Waals surface area contributed by atoms with Crippen molar-refractivity contribution >= 4 is 6.09 Å². The van der Waals surface area contributed by atoms with Gasteiger partial charge in [0.2, 0.25) is 0 Å². The predicted molar refractivity (Wildman–Crippen MR) is 90.8 cm³/mol. The number of phenols is 1. The minimum Gasteiger partial charge on any atom is -0.507 e. The standard InChI is InChI=1S/C19H19NO4/c1-23-17-10-11-18(21)16(13-17)9-5-6-12-20-19(22)24-14-15-7-3-2-4-8-15/h2-4,7-8,10-11,13,21H,6,12,14H2,1H3,(H,20,22). The molecule has 0 aliphatic rings. The van der Waals surface area contributed by atoms with Crippen molar-refractivity contribution in [3.05, 3.63) is 59.7 Å². The molecule has 0 heterocycles. The summed E-state index contributed by atoms with van der Waals surface area (Å²) >= 11 is 0. The molecule has 0 aliphatic carbocycles. The van der Waals surface area contributed by atoms with Crippen LogP contribution in [0.4, 0.5) is 4.79 Å². The molecule has 0 aliphatic heterocycles. The Balaban J connectivity index is 1.72. The quantitative estimate of drug-likeness (QED) is 0.655. The Bertz CT molecular complexity index is 732. The van der Waals surface area contributed by atoms with Crippen molar-refractivity contribution in [2.75, 3.05) is 13.7 Å². The molecule has 24 heavy (non-hydrogen) atoms. The average molecular weight is 325 g/mol. The molecule has 5 nitrogen and oxygen atoms in total. The number of carbonyl (C=O) groups is 1. The monoisotopic (exact) mass is 325 g/mol. The van der Waals surface area contributed by atoms with Crippen molar-refractivity contribution in [3.63, 3.8) is 0 Å². The van der Waals surface area contributed by atoms with Gasteiger partial charge in [-0.15, -0.1) is 0 Å². The Hall–Kier alpha value is -3.13. The second-order valence-corrected chi connectivity index (χ2v) is 4.92. The number of ether oxygens (including phenoxy) is 2. The molecule has 5 heteroatoms. The number of benzene rings is 2. The van der Waals surface area contributed by atoms with E-state index in [1.807, 2.05) is 30.3 Å². The molecule has 0 saturated heterocycles. The SMILES string of the molecule is COc1ccc(O)c(C#CCCNC(=O)OCc2ccccc2)c1. The van der Waals surface area contributed by atoms with Crippen molar-refractivity contribution in [3.8, 4) is 23.3 Å². The molecule has 0 saturated carbocycles. The summed E-state index contributed by atoms with van der Waals surface area (Å²) < 4.78 is 10.2. The van der Waals surface area contributed by atoms with Gasteiger partial charge in [0.1, 0.15) is 18.1 Å². The van der Waals surface area contributed by atoms with Crippen molar-refractivity contribution in [2.45, 2.75) is 13.0 Å². The zero-order valence-corrected chi connectivity index (χ0v) is 13.4. The molecule has 1 amide bonds. The normalized spacial score (nSPS) is 9.54. The number of amides is 1. The van der Waals surface area contributed by atoms with Gasteiger partial charge in [-0.05, 0) is 23.8 Å². The third-order valence-corrected chi connectivity index (χ3v) is 3.16. The smallest absolute Gasteiger partial charge is 0.407 e. The van der Waals surface area contributed by atoms with E-state index in [9.17, 15) is 9.90 Å². The highest BCUT2D eigenvalue weighted by atomic mass is 16.5. The van der Waals surface area contributed by atoms with Gasteiger partial charge in [-0.3, -0.25) is 0 Å². The second kappa shape index (κ2) is 9.11. The van der Waals surface area contributed by atoms with Crippen LogP contribution in [0.25, 0.3) is 0 Å². The molecule has 0 fully saturated rings. The molecule has 2 rings (SSSR count). The Kier molecular flexibility index (Phi) is 6.54. The van der Waals surface area contributed by atoms with Crippen LogP contribution in [0.5, 0.6) is 11.5 Å². The lowest BCUT2D eigenvalue weighted by molar-refractivity contribution is 0.140. The van der Waals surface area contributed by atoms with E-state index in [4.69, 9.17) is 9.47 Å². The summed E-state index contributed by atoms with van der Waals surface area (Å²) in [5.74, 6) is 6.45. The number of hydrogen-bond acceptors (Lipinski definition) is 4. The molecule has 124 valence electrons. The minimum atomic E-state index is -0.482. The first kappa shape index (κ1) is 17.2. The van der Waals surface area contributed by atoms with E-state index in [1.54, 1.807) is 19.2 Å². The summed E-state index contributed by atoms with van der Waals surface area (Å²) in [6, 6.07) is 14.3. The Morgan fingerprint density at radius 3 is 2.75 bits per heavy atom. The van der Waals surface area contributed by atoms with Gasteiger partial charge in [0, 0.05) is 13.0 Å². The van der Waals surface area contributed by atoms with Gasteiger partial charge >= 0.3 is 6.09 Å². The molecule has 2 aromatic carbocycles. The van der Waals surface area contributed by atoms with Crippen molar-refractivity contribution in [2.24, 2.45) is 0 Å². The fourth-order valence-corrected chi connectivity index (χ4v) is 1.90. The summed E-state index contributed by atoms with van der Waals surface area (Å²) in [5, 5.41) is 12.3. The predicted octanol–water partition coefficient (Wildman–Crippen LogP) is 3.07. The molecular formula is C19H19NO4. The summed E-state index contributed by atoms with van der Waals surface area (Å²) in [4.78, 5) is 11.5. The van der Waals surface area contributed by atoms with Gasteiger partial charge < -0.3 is 19.9 Å². The molecule has 0 spiro atoms. The van der Waals surface area contributed by atoms with Gasteiger partial charge in [-0.2, -0.15) is 0 Å². The summed E-state index contributed by atoms with van der Waals surface area (Å²) in [6.45, 7) is 0.599. The van der Waals surface area contributed by atoms with E-state index in [2.05, 4.69) is 17.2 Å². The Morgan fingerprint density at radius 1 is 1.21 bits per heavy atom. The first-order valence-corrected chi connectivity index (χ1v) is 7.49. The number of carbonyl (C=O) groups excluding carboxylic acids is 1. The number of nitrogens with one attached hydrogen (secondary N) is 1. The highest BCUT2D eigenvalue weighted by molar-refractivity contribution is 5.67. The summed E-state index contributed by atoms with van der Waals surface area (Å²) in [7, 11) is 1.55. The van der Waals surface area contributed by atoms with Crippen LogP contribution in [-0.2, 0) is 11.3 Å². The molecule has 2 N–H and O–H groups in total. The largest absolute Gasteiger partial charge is 0.507 e. The van der Waals surface area contributed by atoms with Gasteiger partial charge in [0.05, 0.1) is 12.7 Å². The molecule has 0 unspecified atom stereocenters. The molecular weight excluding hydrogens is 306 g/mol. The molecule has 2 aromatic rings. The summed E-state index contributed by atoms with van der Waals surface area (Å²) in [5.41, 5.74) is 1.42. The third-order valence-electron chi connectivity index (χ3n) is 3.16. The van der Waals surface area contributed by atoms with E-state index < -0.39 is 6.09 Å². The van der Waals surface area contributed by atoms with Gasteiger partial charge in [-0.1, -0.05) is 42.2 Å². The van der Waals surface area contributed by atoms with E-state index in [1.165, 1.54) is 6.07 Å². The molecule has 0 aromatic heterocycles. The van der Waals surface area contributed by atoms with Crippen LogP contribution >= 0.6 is 0 Å². The van der Waals surface area contributed by atoms with Crippen LogP contribution < -0.4 is 10.1 Å². The van der Waals surface area contributed by atoms with E-state index in [0.717, 1.165) is 5.56 Å². The van der Waals surface area contributed by atoms with Crippen LogP contribution in [0.1, 0.15) is 17.5 Å². The lowest BCUT2D eigenvalue weighted by Crippen LogP contribution is -2.24. The van der Waals surface area contributed by atoms with Gasteiger partial charge in [-0.25, -0.2) is 4.79 Å². The third kappa shape index (κ3) is 5.58. The highest BCUT2D eigenvalue weighted by Gasteiger charge is 2.01. The molecule has 0 bridgehead atoms. The number of phenolic OH excluding ortho intramolecular Hbond substituents is 1. The van der Waals surface area contributed by atoms with E-state index in [-0.39, 0.29) is 12.4 Å². The van der Waals surface area contributed by atoms with Crippen LogP contribution in [0.2, 0.25) is 0 Å². The van der Waals surface area contributed by atoms with Gasteiger partial charge in [0.15, 0.2) is 0 Å². The average Bonchev–Trinajstić information content (AvgIpc) is 2.62. The first-order chi connectivity index (χ1) is 11.7. The maximum Gasteiger partial charge on any atom is 0.407 e. The van der Waals surface area contributed by atoms with Gasteiger partial charge in [0.25, 0.3) is 0 Å². The minimum absolute atomic E-state index is 0.0959. The topological polar surface area (TPSA) is 67.8 Å². The number of alkyl carbamates (subject to hydrolysis) is 1. The number of rotatable bonds is 5. The van der Waals surface area contributed by atoms with E-state index in [0.29, 0.717) is 24.3 Å². The first-order valence-electron chi connectivity index (χ1n) is 7.49. The van der Waals surface area contributed by atoms with Crippen LogP contribution in [0, 0.1) is 11.8 Å². The van der Waals surface area contributed by atoms with Crippen LogP contribution in [0.15, 0.2) is 48.5 Å². The van der Waals surface area contributed by atoms with Crippen molar-refractivity contribution in [1.82, 2.24) is 5.32 Å². The Morgan fingerprint density at radius 2 is 2.00 bits per heavy atom. The van der Waals surface area contributed by atoms with Crippen LogP contribution in [0.3, 0.4) is 0 Å². The zero-order chi connectivity index (χ0) is 17.2.